The van der Waals surface area contributed by atoms with Crippen molar-refractivity contribution in [2.45, 2.75) is 6.42 Å². The Hall–Kier alpha value is -1.66. The third-order valence-electron chi connectivity index (χ3n) is 2.61. The van der Waals surface area contributed by atoms with Gasteiger partial charge in [0.1, 0.15) is 0 Å². The molecule has 6 heteroatoms. The second-order valence-corrected chi connectivity index (χ2v) is 4.22. The molecule has 0 radical (unpaired) electrons. The van der Waals surface area contributed by atoms with E-state index in [0.717, 1.165) is 5.69 Å². The predicted octanol–water partition coefficient (Wildman–Crippen LogP) is -0.217. The van der Waals surface area contributed by atoms with E-state index in [2.05, 4.69) is 15.3 Å². The lowest BCUT2D eigenvalue weighted by atomic mass is 10.0. The van der Waals surface area contributed by atoms with Gasteiger partial charge in [0.05, 0.1) is 6.61 Å². The van der Waals surface area contributed by atoms with E-state index < -0.39 is 0 Å². The van der Waals surface area contributed by atoms with Crippen molar-refractivity contribution in [3.05, 3.63) is 30.1 Å². The summed E-state index contributed by atoms with van der Waals surface area (Å²) in [7, 11) is 1.63. The Morgan fingerprint density at radius 3 is 3.05 bits per heavy atom. The lowest BCUT2D eigenvalue weighted by Gasteiger charge is -2.12. The fourth-order valence-corrected chi connectivity index (χ4v) is 1.57. The van der Waals surface area contributed by atoms with Gasteiger partial charge in [0.2, 0.25) is 0 Å². The Bertz CT molecular complexity index is 370. The molecule has 0 fully saturated rings. The topological polar surface area (TPSA) is 92.8 Å². The molecule has 0 bridgehead atoms. The van der Waals surface area contributed by atoms with Gasteiger partial charge in [-0.2, -0.15) is 0 Å². The van der Waals surface area contributed by atoms with Crippen molar-refractivity contribution in [3.8, 4) is 0 Å². The summed E-state index contributed by atoms with van der Waals surface area (Å²) < 4.78 is 4.90. The first kappa shape index (κ1) is 15.4. The van der Waals surface area contributed by atoms with E-state index in [1.54, 1.807) is 13.3 Å². The summed E-state index contributed by atoms with van der Waals surface area (Å²) in [6.07, 6.45) is 2.43. The molecule has 0 aliphatic heterocycles. The zero-order valence-corrected chi connectivity index (χ0v) is 11.2. The van der Waals surface area contributed by atoms with E-state index in [9.17, 15) is 5.11 Å². The van der Waals surface area contributed by atoms with Gasteiger partial charge in [-0.05, 0) is 18.6 Å². The van der Waals surface area contributed by atoms with Crippen LogP contribution in [-0.4, -0.2) is 49.5 Å². The fourth-order valence-electron chi connectivity index (χ4n) is 1.57. The lowest BCUT2D eigenvalue weighted by Crippen LogP contribution is -2.34. The minimum Gasteiger partial charge on any atom is -0.396 e. The summed E-state index contributed by atoms with van der Waals surface area (Å²) in [4.78, 5) is 8.43. The average Bonchev–Trinajstić information content (AvgIpc) is 2.45. The molecule has 0 aromatic carbocycles. The van der Waals surface area contributed by atoms with Crippen molar-refractivity contribution in [2.75, 3.05) is 33.4 Å². The maximum Gasteiger partial charge on any atom is 0.188 e. The number of hydrogen-bond donors (Lipinski definition) is 3. The molecular formula is C13H22N4O2. The van der Waals surface area contributed by atoms with Gasteiger partial charge in [-0.1, -0.05) is 6.07 Å². The highest BCUT2D eigenvalue weighted by Gasteiger charge is 2.08. The van der Waals surface area contributed by atoms with E-state index in [1.165, 1.54) is 0 Å². The summed E-state index contributed by atoms with van der Waals surface area (Å²) in [5.41, 5.74) is 6.64. The number of methoxy groups -OCH3 is 1. The van der Waals surface area contributed by atoms with Crippen LogP contribution in [0.3, 0.4) is 0 Å². The molecule has 1 atom stereocenters. The number of rotatable bonds is 8. The van der Waals surface area contributed by atoms with Crippen molar-refractivity contribution < 1.29 is 9.84 Å². The Labute approximate surface area is 113 Å². The zero-order valence-electron chi connectivity index (χ0n) is 11.2. The molecule has 1 rings (SSSR count). The van der Waals surface area contributed by atoms with Crippen LogP contribution in [0.25, 0.3) is 0 Å². The largest absolute Gasteiger partial charge is 0.396 e. The highest BCUT2D eigenvalue weighted by atomic mass is 16.5. The number of nitrogens with zero attached hydrogens (tertiary/aromatic N) is 2. The summed E-state index contributed by atoms with van der Waals surface area (Å²) >= 11 is 0. The number of aromatic nitrogens is 1. The maximum absolute atomic E-state index is 9.34. The summed E-state index contributed by atoms with van der Waals surface area (Å²) in [5.74, 6) is 0.397. The number of nitrogens with two attached hydrogens (primary N) is 1. The summed E-state index contributed by atoms with van der Waals surface area (Å²) in [6, 6.07) is 5.74. The van der Waals surface area contributed by atoms with E-state index in [0.29, 0.717) is 32.1 Å². The molecule has 19 heavy (non-hydrogen) atoms. The van der Waals surface area contributed by atoms with Crippen molar-refractivity contribution in [1.82, 2.24) is 10.3 Å². The standard InChI is InChI=1S/C13H22N4O2/c1-19-7-6-16-13(14)17-9-11(10-18)8-12-4-2-3-5-15-12/h2-5,11,18H,6-10H2,1H3,(H3,14,16,17). The number of aliphatic hydroxyl groups excluding tert-OH is 1. The number of aliphatic imine (C=N–C) groups is 1. The monoisotopic (exact) mass is 266 g/mol. The van der Waals surface area contributed by atoms with Crippen LogP contribution < -0.4 is 11.1 Å². The predicted molar refractivity (Wildman–Crippen MR) is 74.9 cm³/mol. The number of guanidine groups is 1. The van der Waals surface area contributed by atoms with Gasteiger partial charge in [0.15, 0.2) is 5.96 Å². The van der Waals surface area contributed by atoms with E-state index >= 15 is 0 Å². The molecule has 1 heterocycles. The lowest BCUT2D eigenvalue weighted by molar-refractivity contribution is 0.203. The van der Waals surface area contributed by atoms with Crippen LogP contribution in [0.2, 0.25) is 0 Å². The number of nitrogens with one attached hydrogen (secondary N) is 1. The molecule has 106 valence electrons. The van der Waals surface area contributed by atoms with Gasteiger partial charge in [-0.3, -0.25) is 9.98 Å². The number of ether oxygens (including phenoxy) is 1. The first-order valence-corrected chi connectivity index (χ1v) is 6.29. The molecule has 4 N–H and O–H groups in total. The van der Waals surface area contributed by atoms with Gasteiger partial charge in [0.25, 0.3) is 0 Å². The van der Waals surface area contributed by atoms with Crippen molar-refractivity contribution in [1.29, 1.82) is 0 Å². The van der Waals surface area contributed by atoms with Crippen molar-refractivity contribution in [2.24, 2.45) is 16.6 Å². The van der Waals surface area contributed by atoms with Crippen LogP contribution in [0.1, 0.15) is 5.69 Å². The molecule has 0 amide bonds. The van der Waals surface area contributed by atoms with Gasteiger partial charge in [-0.25, -0.2) is 0 Å². The van der Waals surface area contributed by atoms with Gasteiger partial charge in [-0.15, -0.1) is 0 Å². The van der Waals surface area contributed by atoms with E-state index in [-0.39, 0.29) is 12.5 Å². The van der Waals surface area contributed by atoms with Crippen LogP contribution in [0, 0.1) is 5.92 Å². The van der Waals surface area contributed by atoms with Crippen LogP contribution in [0.5, 0.6) is 0 Å². The Kier molecular flexibility index (Phi) is 7.53. The normalized spacial score (nSPS) is 13.3. The van der Waals surface area contributed by atoms with Crippen molar-refractivity contribution >= 4 is 5.96 Å². The number of pyridine rings is 1. The first-order chi connectivity index (χ1) is 9.26. The Balaban J connectivity index is 2.37. The second-order valence-electron chi connectivity index (χ2n) is 4.22. The van der Waals surface area contributed by atoms with E-state index in [4.69, 9.17) is 10.5 Å². The average molecular weight is 266 g/mol. The minimum absolute atomic E-state index is 0.0256. The van der Waals surface area contributed by atoms with Crippen molar-refractivity contribution in [3.63, 3.8) is 0 Å². The van der Waals surface area contributed by atoms with Gasteiger partial charge >= 0.3 is 0 Å². The maximum atomic E-state index is 9.34. The molecule has 0 aliphatic rings. The SMILES string of the molecule is COCCNC(N)=NCC(CO)Cc1ccccn1. The summed E-state index contributed by atoms with van der Waals surface area (Å²) in [6.45, 7) is 1.73. The van der Waals surface area contributed by atoms with Gasteiger partial charge in [0, 0.05) is 44.6 Å². The third-order valence-corrected chi connectivity index (χ3v) is 2.61. The fraction of sp³-hybridized carbons (Fsp3) is 0.538. The Morgan fingerprint density at radius 1 is 1.58 bits per heavy atom. The minimum atomic E-state index is 0.0256. The van der Waals surface area contributed by atoms with E-state index in [1.807, 2.05) is 18.2 Å². The third kappa shape index (κ3) is 6.73. The van der Waals surface area contributed by atoms with Crippen LogP contribution in [-0.2, 0) is 11.2 Å². The molecule has 1 aromatic heterocycles. The smallest absolute Gasteiger partial charge is 0.188 e. The zero-order chi connectivity index (χ0) is 13.9. The summed E-state index contributed by atoms with van der Waals surface area (Å²) in [5, 5.41) is 12.3. The van der Waals surface area contributed by atoms with Crippen LogP contribution >= 0.6 is 0 Å². The molecular weight excluding hydrogens is 244 g/mol. The molecule has 6 nitrogen and oxygen atoms in total. The van der Waals surface area contributed by atoms with Crippen LogP contribution in [0.15, 0.2) is 29.4 Å². The highest BCUT2D eigenvalue weighted by molar-refractivity contribution is 5.77. The molecule has 1 aromatic rings. The molecule has 0 spiro atoms. The molecule has 1 unspecified atom stereocenters. The molecule has 0 saturated heterocycles. The second kappa shape index (κ2) is 9.29. The molecule has 0 aliphatic carbocycles. The number of hydrogen-bond acceptors (Lipinski definition) is 4. The van der Waals surface area contributed by atoms with Gasteiger partial charge < -0.3 is 20.9 Å². The quantitative estimate of drug-likeness (QED) is 0.344. The molecule has 0 saturated carbocycles. The highest BCUT2D eigenvalue weighted by Crippen LogP contribution is 2.06. The van der Waals surface area contributed by atoms with Crippen LogP contribution in [0.4, 0.5) is 0 Å². The Morgan fingerprint density at radius 2 is 2.42 bits per heavy atom. The first-order valence-electron chi connectivity index (χ1n) is 6.29. The number of aliphatic hydroxyl groups is 1.